The van der Waals surface area contributed by atoms with Gasteiger partial charge >= 0.3 is 0 Å². The number of anilines is 1. The molecule has 1 unspecified atom stereocenters. The Labute approximate surface area is 134 Å². The van der Waals surface area contributed by atoms with Crippen molar-refractivity contribution in [2.24, 2.45) is 15.6 Å². The lowest BCUT2D eigenvalue weighted by Crippen LogP contribution is -2.77. The van der Waals surface area contributed by atoms with Gasteiger partial charge in [-0.05, 0) is 51.0 Å². The van der Waals surface area contributed by atoms with Crippen molar-refractivity contribution in [3.05, 3.63) is 29.3 Å². The summed E-state index contributed by atoms with van der Waals surface area (Å²) in [4.78, 5) is 14.6. The van der Waals surface area contributed by atoms with E-state index in [0.29, 0.717) is 5.02 Å². The normalized spacial score (nSPS) is 31.2. The van der Waals surface area contributed by atoms with E-state index in [0.717, 1.165) is 31.4 Å². The number of benzene rings is 1. The van der Waals surface area contributed by atoms with Gasteiger partial charge in [0.15, 0.2) is 5.72 Å². The zero-order chi connectivity index (χ0) is 15.6. The lowest BCUT2D eigenvalue weighted by molar-refractivity contribution is -0.209. The molecule has 1 saturated heterocycles. The second kappa shape index (κ2) is 4.30. The molecule has 1 aromatic carbocycles. The van der Waals surface area contributed by atoms with Gasteiger partial charge in [0, 0.05) is 10.7 Å². The zero-order valence-corrected chi connectivity index (χ0v) is 13.4. The fourth-order valence-electron chi connectivity index (χ4n) is 3.91. The van der Waals surface area contributed by atoms with Crippen LogP contribution in [0.2, 0.25) is 5.02 Å². The summed E-state index contributed by atoms with van der Waals surface area (Å²) in [5.41, 5.74) is -0.506. The number of rotatable bonds is 1. The first kappa shape index (κ1) is 14.2. The highest BCUT2D eigenvalue weighted by Crippen LogP contribution is 2.63. The van der Waals surface area contributed by atoms with Crippen molar-refractivity contribution in [2.45, 2.75) is 51.1 Å². The van der Waals surface area contributed by atoms with Crippen LogP contribution in [0, 0.1) is 5.41 Å². The largest absolute Gasteiger partial charge is 0.305 e. The van der Waals surface area contributed by atoms with Crippen LogP contribution in [-0.4, -0.2) is 17.5 Å². The predicted molar refractivity (Wildman–Crippen MR) is 82.6 cm³/mol. The Morgan fingerprint density at radius 3 is 2.32 bits per heavy atom. The Morgan fingerprint density at radius 1 is 1.14 bits per heavy atom. The van der Waals surface area contributed by atoms with E-state index in [1.165, 1.54) is 0 Å². The number of fused-ring (bicyclic) bond motifs is 1. The molecule has 2 spiro atoms. The Balaban J connectivity index is 1.80. The number of amides is 1. The van der Waals surface area contributed by atoms with Gasteiger partial charge in [-0.15, -0.1) is 5.11 Å². The average molecular weight is 320 g/mol. The summed E-state index contributed by atoms with van der Waals surface area (Å²) in [7, 11) is 0. The molecule has 5 nitrogen and oxygen atoms in total. The fraction of sp³-hybridized carbons (Fsp3) is 0.562. The molecule has 2 heterocycles. The summed E-state index contributed by atoms with van der Waals surface area (Å²) in [6.07, 6.45) is 3.68. The van der Waals surface area contributed by atoms with Crippen LogP contribution in [0.15, 0.2) is 34.5 Å². The highest BCUT2D eigenvalue weighted by molar-refractivity contribution is 6.30. The van der Waals surface area contributed by atoms with E-state index in [1.807, 2.05) is 26.0 Å². The lowest BCUT2D eigenvalue weighted by atomic mass is 9.70. The van der Waals surface area contributed by atoms with Crippen molar-refractivity contribution in [2.75, 3.05) is 4.90 Å². The number of carbonyl (C=O) groups excluding carboxylic acids is 1. The van der Waals surface area contributed by atoms with Crippen LogP contribution in [0.3, 0.4) is 0 Å². The Morgan fingerprint density at radius 2 is 1.77 bits per heavy atom. The third-order valence-electron chi connectivity index (χ3n) is 4.90. The van der Waals surface area contributed by atoms with Crippen molar-refractivity contribution in [1.82, 2.24) is 0 Å². The molecule has 0 radical (unpaired) electrons. The molecule has 22 heavy (non-hydrogen) atoms. The molecule has 2 fully saturated rings. The monoisotopic (exact) mass is 319 g/mol. The first-order valence-corrected chi connectivity index (χ1v) is 8.03. The predicted octanol–water partition coefficient (Wildman–Crippen LogP) is 4.12. The third-order valence-corrected chi connectivity index (χ3v) is 5.15. The summed E-state index contributed by atoms with van der Waals surface area (Å²) in [6.45, 7) is 3.74. The molecular weight excluding hydrogens is 302 g/mol. The van der Waals surface area contributed by atoms with Gasteiger partial charge < -0.3 is 4.74 Å². The molecule has 4 rings (SSSR count). The fourth-order valence-corrected chi connectivity index (χ4v) is 4.04. The van der Waals surface area contributed by atoms with E-state index in [-0.39, 0.29) is 5.91 Å². The summed E-state index contributed by atoms with van der Waals surface area (Å²) in [6, 6.07) is 7.20. The SMILES string of the molecule is CC1(C)N=NC2(O1)N(c1ccc(Cl)cc1)C(=O)C21CCCC1. The highest BCUT2D eigenvalue weighted by atomic mass is 35.5. The molecule has 1 aromatic rings. The molecule has 3 aliphatic rings. The van der Waals surface area contributed by atoms with Crippen LogP contribution < -0.4 is 4.90 Å². The number of hydrogen-bond acceptors (Lipinski definition) is 4. The van der Waals surface area contributed by atoms with Crippen LogP contribution in [0.1, 0.15) is 39.5 Å². The van der Waals surface area contributed by atoms with Crippen LogP contribution >= 0.6 is 11.6 Å². The van der Waals surface area contributed by atoms with E-state index >= 15 is 0 Å². The maximum Gasteiger partial charge on any atom is 0.281 e. The first-order valence-electron chi connectivity index (χ1n) is 7.65. The minimum Gasteiger partial charge on any atom is -0.305 e. The maximum absolute atomic E-state index is 13.0. The first-order chi connectivity index (χ1) is 10.4. The topological polar surface area (TPSA) is 54.3 Å². The Kier molecular flexibility index (Phi) is 2.76. The molecule has 1 amide bonds. The third kappa shape index (κ3) is 1.61. The molecule has 0 aromatic heterocycles. The molecule has 6 heteroatoms. The standard InChI is InChI=1S/C16H18ClN3O2/c1-14(2)18-19-16(22-14)15(9-3-4-10-15)13(21)20(16)12-7-5-11(17)6-8-12/h5-8H,3-4,9-10H2,1-2H3. The molecule has 116 valence electrons. The van der Waals surface area contributed by atoms with Gasteiger partial charge in [0.05, 0.1) is 0 Å². The summed E-state index contributed by atoms with van der Waals surface area (Å²) >= 11 is 5.95. The minimum atomic E-state index is -0.988. The van der Waals surface area contributed by atoms with Crippen molar-refractivity contribution < 1.29 is 9.53 Å². The smallest absolute Gasteiger partial charge is 0.281 e. The molecule has 0 N–H and O–H groups in total. The summed E-state index contributed by atoms with van der Waals surface area (Å²) in [5, 5.41) is 9.37. The van der Waals surface area contributed by atoms with Crippen LogP contribution in [0.5, 0.6) is 0 Å². The lowest BCUT2D eigenvalue weighted by Gasteiger charge is -2.58. The van der Waals surface area contributed by atoms with Gasteiger partial charge in [-0.3, -0.25) is 9.69 Å². The van der Waals surface area contributed by atoms with Gasteiger partial charge in [0.1, 0.15) is 5.41 Å². The van der Waals surface area contributed by atoms with Crippen LogP contribution in [0.4, 0.5) is 5.69 Å². The van der Waals surface area contributed by atoms with Crippen LogP contribution in [0.25, 0.3) is 0 Å². The average Bonchev–Trinajstić information content (AvgIpc) is 3.09. The molecule has 1 aliphatic carbocycles. The molecule has 2 aliphatic heterocycles. The second-order valence-electron chi connectivity index (χ2n) is 6.76. The highest BCUT2D eigenvalue weighted by Gasteiger charge is 2.77. The van der Waals surface area contributed by atoms with E-state index in [1.54, 1.807) is 17.0 Å². The van der Waals surface area contributed by atoms with Crippen LogP contribution in [-0.2, 0) is 9.53 Å². The number of azo groups is 1. The Hall–Kier alpha value is -1.46. The molecule has 0 bridgehead atoms. The van der Waals surface area contributed by atoms with E-state index < -0.39 is 17.0 Å². The number of ether oxygens (including phenoxy) is 1. The van der Waals surface area contributed by atoms with E-state index in [9.17, 15) is 4.79 Å². The van der Waals surface area contributed by atoms with Crippen molar-refractivity contribution in [1.29, 1.82) is 0 Å². The van der Waals surface area contributed by atoms with Crippen molar-refractivity contribution >= 4 is 23.2 Å². The van der Waals surface area contributed by atoms with Gasteiger partial charge in [0.2, 0.25) is 5.91 Å². The minimum absolute atomic E-state index is 0.0870. The second-order valence-corrected chi connectivity index (χ2v) is 7.20. The quantitative estimate of drug-likeness (QED) is 0.731. The number of carbonyl (C=O) groups is 1. The van der Waals surface area contributed by atoms with Gasteiger partial charge in [-0.25, -0.2) is 0 Å². The summed E-state index contributed by atoms with van der Waals surface area (Å²) < 4.78 is 6.22. The van der Waals surface area contributed by atoms with Crippen molar-refractivity contribution in [3.8, 4) is 0 Å². The van der Waals surface area contributed by atoms with E-state index in [4.69, 9.17) is 16.3 Å². The van der Waals surface area contributed by atoms with Gasteiger partial charge in [-0.1, -0.05) is 24.4 Å². The summed E-state index contributed by atoms with van der Waals surface area (Å²) in [5.74, 6) is -0.901. The van der Waals surface area contributed by atoms with Gasteiger partial charge in [-0.2, -0.15) is 5.11 Å². The Bertz CT molecular complexity index is 664. The molecular formula is C16H18ClN3O2. The maximum atomic E-state index is 13.0. The van der Waals surface area contributed by atoms with Gasteiger partial charge in [0.25, 0.3) is 5.85 Å². The number of β-lactam (4-membered cyclic amide) rings is 1. The molecule has 1 saturated carbocycles. The van der Waals surface area contributed by atoms with Crippen molar-refractivity contribution in [3.63, 3.8) is 0 Å². The zero-order valence-electron chi connectivity index (χ0n) is 12.7. The molecule has 1 atom stereocenters. The number of hydrogen-bond donors (Lipinski definition) is 0. The number of nitrogens with zero attached hydrogens (tertiary/aromatic N) is 3. The number of halogens is 1. The van der Waals surface area contributed by atoms with E-state index in [2.05, 4.69) is 10.2 Å².